The lowest BCUT2D eigenvalue weighted by atomic mass is 9.96. The Morgan fingerprint density at radius 3 is 2.83 bits per heavy atom. The van der Waals surface area contributed by atoms with Gasteiger partial charge in [0.05, 0.1) is 28.1 Å². The minimum Gasteiger partial charge on any atom is -0.493 e. The van der Waals surface area contributed by atoms with Crippen molar-refractivity contribution in [2.24, 2.45) is 10.2 Å². The molecule has 0 aliphatic carbocycles. The van der Waals surface area contributed by atoms with Crippen molar-refractivity contribution in [1.29, 1.82) is 0 Å². The molecule has 5 rings (SSSR count). The molecule has 3 aromatic rings. The maximum absolute atomic E-state index is 13.8. The van der Waals surface area contributed by atoms with Gasteiger partial charge in [0.15, 0.2) is 0 Å². The van der Waals surface area contributed by atoms with Crippen LogP contribution in [0.3, 0.4) is 0 Å². The van der Waals surface area contributed by atoms with Gasteiger partial charge in [0.25, 0.3) is 0 Å². The van der Waals surface area contributed by atoms with E-state index in [9.17, 15) is 23.1 Å². The molecule has 1 aromatic heterocycles. The van der Waals surface area contributed by atoms with Crippen molar-refractivity contribution >= 4 is 34.7 Å². The van der Waals surface area contributed by atoms with E-state index >= 15 is 0 Å². The summed E-state index contributed by atoms with van der Waals surface area (Å²) in [6.07, 6.45) is -1.66. The predicted octanol–water partition coefficient (Wildman–Crippen LogP) is 3.62. The fourth-order valence-electron chi connectivity index (χ4n) is 4.51. The van der Waals surface area contributed by atoms with Crippen molar-refractivity contribution in [3.63, 3.8) is 0 Å². The average Bonchev–Trinajstić information content (AvgIpc) is 3.41. The van der Waals surface area contributed by atoms with Crippen LogP contribution in [0.4, 0.5) is 13.2 Å². The van der Waals surface area contributed by atoms with Gasteiger partial charge in [0.1, 0.15) is 0 Å². The summed E-state index contributed by atoms with van der Waals surface area (Å²) in [6, 6.07) is 8.58. The molecule has 1 unspecified atom stereocenters. The highest BCUT2D eigenvalue weighted by molar-refractivity contribution is 7.10. The molecule has 1 atom stereocenters. The van der Waals surface area contributed by atoms with E-state index in [1.165, 1.54) is 16.7 Å². The third-order valence-corrected chi connectivity index (χ3v) is 7.45. The molecule has 1 fully saturated rings. The smallest absolute Gasteiger partial charge is 0.416 e. The number of nitrogens with zero attached hydrogens (tertiary/aromatic N) is 3. The number of aromatic nitrogens is 1. The summed E-state index contributed by atoms with van der Waals surface area (Å²) >= 11 is 6.71. The van der Waals surface area contributed by atoms with E-state index in [-0.39, 0.29) is 38.7 Å². The van der Waals surface area contributed by atoms with E-state index in [0.717, 1.165) is 36.8 Å². The van der Waals surface area contributed by atoms with Gasteiger partial charge in [-0.3, -0.25) is 9.36 Å². The third kappa shape index (κ3) is 4.65. The molecule has 11 heteroatoms. The van der Waals surface area contributed by atoms with Crippen molar-refractivity contribution in [2.75, 3.05) is 13.1 Å². The van der Waals surface area contributed by atoms with Gasteiger partial charge in [-0.25, -0.2) is 0 Å². The van der Waals surface area contributed by atoms with Crippen molar-refractivity contribution < 1.29 is 18.3 Å². The topological polar surface area (TPSA) is 79.0 Å². The van der Waals surface area contributed by atoms with E-state index in [1.54, 1.807) is 24.4 Å². The molecule has 2 aromatic carbocycles. The molecule has 0 spiro atoms. The van der Waals surface area contributed by atoms with Crippen molar-refractivity contribution in [1.82, 2.24) is 9.88 Å². The van der Waals surface area contributed by atoms with Gasteiger partial charge in [-0.15, -0.1) is 0 Å². The van der Waals surface area contributed by atoms with Gasteiger partial charge in [0, 0.05) is 23.6 Å². The Morgan fingerprint density at radius 2 is 2.09 bits per heavy atom. The Bertz CT molecular complexity index is 1500. The van der Waals surface area contributed by atoms with Gasteiger partial charge in [-0.05, 0) is 60.0 Å². The van der Waals surface area contributed by atoms with E-state index in [1.807, 2.05) is 0 Å². The molecule has 182 valence electrons. The molecule has 2 aliphatic heterocycles. The molecule has 0 bridgehead atoms. The number of piperidine rings is 1. The Kier molecular flexibility index (Phi) is 6.29. The first-order valence-electron chi connectivity index (χ1n) is 11.0. The summed E-state index contributed by atoms with van der Waals surface area (Å²) in [4.78, 5) is 12.8. The Hall–Kier alpha value is -2.95. The van der Waals surface area contributed by atoms with E-state index < -0.39 is 11.7 Å². The number of alkyl halides is 3. The molecule has 0 amide bonds. The first kappa shape index (κ1) is 23.8. The fourth-order valence-corrected chi connectivity index (χ4v) is 5.69. The summed E-state index contributed by atoms with van der Waals surface area (Å²) in [5, 5.41) is 23.5. The van der Waals surface area contributed by atoms with E-state index in [2.05, 4.69) is 15.5 Å². The number of benzene rings is 2. The second kappa shape index (κ2) is 9.25. The number of hydrogen-bond acceptors (Lipinski definition) is 6. The number of thiazole rings is 1. The van der Waals surface area contributed by atoms with Crippen LogP contribution in [-0.4, -0.2) is 29.0 Å². The standard InChI is InChI=1S/C24H20ClF3N4O2S/c25-16-5-3-14(19(10-16)24(26,27)28)9-18(13-4-6-20-15(8-13)11-30-31-20)21-22(33)32(23(34)35-21)17-2-1-7-29-12-17/h3-6,8,10-11,17,29,33H,1-2,7,9,12H2. The van der Waals surface area contributed by atoms with Crippen LogP contribution in [0, 0.1) is 0 Å². The maximum Gasteiger partial charge on any atom is 0.416 e. The first-order valence-corrected chi connectivity index (χ1v) is 12.2. The van der Waals surface area contributed by atoms with Crippen molar-refractivity contribution in [3.05, 3.63) is 83.2 Å². The van der Waals surface area contributed by atoms with Gasteiger partial charge < -0.3 is 10.4 Å². The maximum atomic E-state index is 13.8. The Labute approximate surface area is 206 Å². The average molecular weight is 521 g/mol. The number of rotatable bonds is 4. The quantitative estimate of drug-likeness (QED) is 0.551. The number of nitrogens with one attached hydrogen (secondary N) is 1. The zero-order valence-electron chi connectivity index (χ0n) is 18.3. The van der Waals surface area contributed by atoms with Crippen LogP contribution in [-0.2, 0) is 12.6 Å². The van der Waals surface area contributed by atoms with Crippen LogP contribution in [0.15, 0.2) is 51.4 Å². The van der Waals surface area contributed by atoms with Gasteiger partial charge >= 0.3 is 11.0 Å². The van der Waals surface area contributed by atoms with Crippen LogP contribution in [0.1, 0.15) is 40.5 Å². The molecule has 2 N–H and O–H groups in total. The molecule has 0 radical (unpaired) electrons. The molecule has 0 saturated carbocycles. The summed E-state index contributed by atoms with van der Waals surface area (Å²) in [5.74, 6) is -0.231. The van der Waals surface area contributed by atoms with Crippen LogP contribution in [0.2, 0.25) is 5.02 Å². The lowest BCUT2D eigenvalue weighted by Crippen LogP contribution is -2.34. The van der Waals surface area contributed by atoms with Crippen LogP contribution in [0.25, 0.3) is 5.57 Å². The second-order valence-corrected chi connectivity index (χ2v) is 9.86. The number of hydrogen-bond donors (Lipinski definition) is 2. The molecular weight excluding hydrogens is 501 g/mol. The lowest BCUT2D eigenvalue weighted by molar-refractivity contribution is -0.138. The zero-order chi connectivity index (χ0) is 24.7. The van der Waals surface area contributed by atoms with Gasteiger partial charge in [-0.1, -0.05) is 35.1 Å². The monoisotopic (exact) mass is 520 g/mol. The highest BCUT2D eigenvalue weighted by Gasteiger charge is 2.34. The summed E-state index contributed by atoms with van der Waals surface area (Å²) in [7, 11) is 0. The van der Waals surface area contributed by atoms with Gasteiger partial charge in [-0.2, -0.15) is 23.4 Å². The second-order valence-electron chi connectivity index (χ2n) is 8.46. The molecule has 1 saturated heterocycles. The van der Waals surface area contributed by atoms with Gasteiger partial charge in [0.2, 0.25) is 5.88 Å². The number of halogens is 4. The highest BCUT2D eigenvalue weighted by atomic mass is 35.5. The summed E-state index contributed by atoms with van der Waals surface area (Å²) in [6.45, 7) is 1.37. The minimum atomic E-state index is -4.62. The minimum absolute atomic E-state index is 0.0121. The molecule has 2 aliphatic rings. The summed E-state index contributed by atoms with van der Waals surface area (Å²) < 4.78 is 42.9. The molecular formula is C24H20ClF3N4O2S. The number of aromatic hydroxyl groups is 1. The first-order chi connectivity index (χ1) is 16.7. The van der Waals surface area contributed by atoms with E-state index in [0.29, 0.717) is 28.3 Å². The Morgan fingerprint density at radius 1 is 1.26 bits per heavy atom. The van der Waals surface area contributed by atoms with Crippen LogP contribution >= 0.6 is 22.9 Å². The highest BCUT2D eigenvalue weighted by Crippen LogP contribution is 2.38. The predicted molar refractivity (Wildman–Crippen MR) is 129 cm³/mol. The largest absolute Gasteiger partial charge is 0.493 e. The molecule has 6 nitrogen and oxygen atoms in total. The SMILES string of the molecule is O=c1sc(C(Cc2ccc(Cl)cc2C(F)(F)F)=c2ccc3c(c2)C=NN=3)c(O)n1C1CCCNC1. The number of fused-ring (bicyclic) bond motifs is 1. The summed E-state index contributed by atoms with van der Waals surface area (Å²) in [5.41, 5.74) is 0.239. The van der Waals surface area contributed by atoms with Crippen LogP contribution in [0.5, 0.6) is 5.88 Å². The van der Waals surface area contributed by atoms with E-state index in [4.69, 9.17) is 11.6 Å². The zero-order valence-corrected chi connectivity index (χ0v) is 19.8. The third-order valence-electron chi connectivity index (χ3n) is 6.21. The van der Waals surface area contributed by atoms with Crippen LogP contribution < -0.4 is 20.8 Å². The Balaban J connectivity index is 1.71. The van der Waals surface area contributed by atoms with Crippen molar-refractivity contribution in [3.8, 4) is 5.88 Å². The molecule has 3 heterocycles. The lowest BCUT2D eigenvalue weighted by Gasteiger charge is -2.24. The molecule has 35 heavy (non-hydrogen) atoms. The fraction of sp³-hybridized carbons (Fsp3) is 0.292. The van der Waals surface area contributed by atoms with Crippen molar-refractivity contribution in [2.45, 2.75) is 31.5 Å². The normalized spacial score (nSPS) is 18.3.